The Morgan fingerprint density at radius 2 is 2.00 bits per heavy atom. The summed E-state index contributed by atoms with van der Waals surface area (Å²) in [7, 11) is 0. The van der Waals surface area contributed by atoms with Gasteiger partial charge in [0.15, 0.2) is 11.6 Å². The number of halogens is 2. The number of hydrogen-bond donors (Lipinski definition) is 1. The van der Waals surface area contributed by atoms with Crippen LogP contribution in [0.2, 0.25) is 0 Å². The molecule has 136 valence electrons. The molecular formula is C19H15F2N5O. The van der Waals surface area contributed by atoms with Crippen molar-refractivity contribution in [2.24, 2.45) is 0 Å². The van der Waals surface area contributed by atoms with Gasteiger partial charge in [-0.15, -0.1) is 0 Å². The molecule has 4 rings (SSSR count). The molecule has 4 aromatic rings. The van der Waals surface area contributed by atoms with E-state index in [2.05, 4.69) is 15.1 Å². The summed E-state index contributed by atoms with van der Waals surface area (Å²) in [4.78, 5) is 8.39. The molecule has 0 aliphatic carbocycles. The molecule has 8 heteroatoms. The molecular weight excluding hydrogens is 352 g/mol. The highest BCUT2D eigenvalue weighted by molar-refractivity contribution is 5.82. The number of nitrogens with two attached hydrogens (primary N) is 1. The van der Waals surface area contributed by atoms with Gasteiger partial charge in [0.2, 0.25) is 0 Å². The van der Waals surface area contributed by atoms with Gasteiger partial charge in [-0.1, -0.05) is 0 Å². The lowest BCUT2D eigenvalue weighted by atomic mass is 10.2. The first-order valence-electron chi connectivity index (χ1n) is 8.19. The van der Waals surface area contributed by atoms with Crippen molar-refractivity contribution in [2.45, 2.75) is 13.0 Å². The molecule has 0 radical (unpaired) electrons. The number of aromatic nitrogens is 4. The fourth-order valence-electron chi connectivity index (χ4n) is 2.83. The number of nitrogens with zero attached hydrogens (tertiary/aromatic N) is 4. The van der Waals surface area contributed by atoms with E-state index in [4.69, 9.17) is 10.5 Å². The monoisotopic (exact) mass is 367 g/mol. The summed E-state index contributed by atoms with van der Waals surface area (Å²) in [5, 5.41) is 4.68. The van der Waals surface area contributed by atoms with Crippen LogP contribution in [0.1, 0.15) is 18.7 Å². The van der Waals surface area contributed by atoms with E-state index >= 15 is 0 Å². The third-order valence-electron chi connectivity index (χ3n) is 4.07. The summed E-state index contributed by atoms with van der Waals surface area (Å²) in [6.45, 7) is 1.75. The topological polar surface area (TPSA) is 78.9 Å². The number of ether oxygens (including phenoxy) is 1. The van der Waals surface area contributed by atoms with Crippen LogP contribution >= 0.6 is 0 Å². The maximum absolute atomic E-state index is 13.7. The molecule has 1 atom stereocenters. The molecule has 2 N–H and O–H groups in total. The zero-order valence-electron chi connectivity index (χ0n) is 14.3. The van der Waals surface area contributed by atoms with Crippen molar-refractivity contribution >= 4 is 16.7 Å². The number of anilines is 1. The smallest absolute Gasteiger partial charge is 0.166 e. The first kappa shape index (κ1) is 16.9. The van der Waals surface area contributed by atoms with Gasteiger partial charge in [0.25, 0.3) is 0 Å². The van der Waals surface area contributed by atoms with E-state index in [1.165, 1.54) is 22.9 Å². The van der Waals surface area contributed by atoms with Gasteiger partial charge in [0.1, 0.15) is 23.4 Å². The van der Waals surface area contributed by atoms with Crippen LogP contribution in [-0.4, -0.2) is 19.7 Å². The number of fused-ring (bicyclic) bond motifs is 1. The van der Waals surface area contributed by atoms with Gasteiger partial charge in [-0.25, -0.2) is 18.4 Å². The maximum atomic E-state index is 13.7. The highest BCUT2D eigenvalue weighted by Gasteiger charge is 2.18. The molecule has 0 spiro atoms. The third kappa shape index (κ3) is 3.29. The number of pyridine rings is 2. The zero-order valence-corrected chi connectivity index (χ0v) is 14.3. The fourth-order valence-corrected chi connectivity index (χ4v) is 2.83. The molecule has 0 saturated heterocycles. The summed E-state index contributed by atoms with van der Waals surface area (Å²) >= 11 is 0. The van der Waals surface area contributed by atoms with Gasteiger partial charge in [0.05, 0.1) is 17.4 Å². The number of hydrogen-bond acceptors (Lipinski definition) is 5. The first-order valence-corrected chi connectivity index (χ1v) is 8.19. The molecule has 6 nitrogen and oxygen atoms in total. The van der Waals surface area contributed by atoms with E-state index in [-0.39, 0.29) is 17.4 Å². The van der Waals surface area contributed by atoms with E-state index in [9.17, 15) is 8.78 Å². The van der Waals surface area contributed by atoms with Crippen LogP contribution in [0, 0.1) is 11.6 Å². The molecule has 0 fully saturated rings. The molecule has 0 amide bonds. The standard InChI is InChI=1S/C19H15F2N5O/c1-11(18-16(9-14(21)10-23-18)26-6-2-5-24-26)27-17-8-12-7-13(20)3-4-15(12)25-19(17)22/h2-11H,1H3,(H2,22,25). The van der Waals surface area contributed by atoms with E-state index in [1.807, 2.05) is 0 Å². The van der Waals surface area contributed by atoms with E-state index in [0.717, 1.165) is 6.20 Å². The summed E-state index contributed by atoms with van der Waals surface area (Å²) in [5.74, 6) is -0.408. The Morgan fingerprint density at radius 3 is 2.78 bits per heavy atom. The van der Waals surface area contributed by atoms with Crippen molar-refractivity contribution in [1.29, 1.82) is 0 Å². The Morgan fingerprint density at radius 1 is 1.15 bits per heavy atom. The minimum atomic E-state index is -0.583. The van der Waals surface area contributed by atoms with E-state index in [0.29, 0.717) is 22.3 Å². The Hall–Kier alpha value is -3.55. The number of nitrogen functional groups attached to an aromatic ring is 1. The fraction of sp³-hybridized carbons (Fsp3) is 0.105. The van der Waals surface area contributed by atoms with Gasteiger partial charge in [-0.3, -0.25) is 4.98 Å². The summed E-state index contributed by atoms with van der Waals surface area (Å²) < 4.78 is 34.6. The predicted octanol–water partition coefficient (Wildman–Crippen LogP) is 3.82. The maximum Gasteiger partial charge on any atom is 0.166 e. The van der Waals surface area contributed by atoms with Crippen LogP contribution in [0.25, 0.3) is 16.6 Å². The Balaban J connectivity index is 1.72. The molecule has 27 heavy (non-hydrogen) atoms. The molecule has 0 bridgehead atoms. The average Bonchev–Trinajstić information content (AvgIpc) is 3.17. The lowest BCUT2D eigenvalue weighted by Crippen LogP contribution is -2.12. The lowest BCUT2D eigenvalue weighted by molar-refractivity contribution is 0.222. The van der Waals surface area contributed by atoms with Crippen LogP contribution in [0.4, 0.5) is 14.6 Å². The lowest BCUT2D eigenvalue weighted by Gasteiger charge is -2.18. The van der Waals surface area contributed by atoms with Crippen LogP contribution < -0.4 is 10.5 Å². The highest BCUT2D eigenvalue weighted by atomic mass is 19.1. The second-order valence-electron chi connectivity index (χ2n) is 5.98. The normalized spacial score (nSPS) is 12.3. The first-order chi connectivity index (χ1) is 13.0. The van der Waals surface area contributed by atoms with Crippen LogP contribution in [0.5, 0.6) is 5.75 Å². The van der Waals surface area contributed by atoms with Gasteiger partial charge >= 0.3 is 0 Å². The summed E-state index contributed by atoms with van der Waals surface area (Å²) in [6, 6.07) is 8.88. The second-order valence-corrected chi connectivity index (χ2v) is 5.98. The van der Waals surface area contributed by atoms with Crippen molar-refractivity contribution < 1.29 is 13.5 Å². The molecule has 1 unspecified atom stereocenters. The van der Waals surface area contributed by atoms with Crippen LogP contribution in [0.3, 0.4) is 0 Å². The predicted molar refractivity (Wildman–Crippen MR) is 96.5 cm³/mol. The highest BCUT2D eigenvalue weighted by Crippen LogP contribution is 2.31. The summed E-state index contributed by atoms with van der Waals surface area (Å²) in [6.07, 6.45) is 3.79. The summed E-state index contributed by atoms with van der Waals surface area (Å²) in [5.41, 5.74) is 7.46. The molecule has 1 aromatic carbocycles. The Labute approximate surface area is 153 Å². The largest absolute Gasteiger partial charge is 0.480 e. The van der Waals surface area contributed by atoms with E-state index < -0.39 is 11.9 Å². The minimum absolute atomic E-state index is 0.170. The SMILES string of the molecule is CC(Oc1cc2cc(F)ccc2nc1N)c1ncc(F)cc1-n1cccn1. The van der Waals surface area contributed by atoms with Crippen molar-refractivity contribution in [3.8, 4) is 11.4 Å². The number of rotatable bonds is 4. The molecule has 3 heterocycles. The third-order valence-corrected chi connectivity index (χ3v) is 4.07. The number of benzene rings is 1. The zero-order chi connectivity index (χ0) is 19.0. The van der Waals surface area contributed by atoms with E-state index in [1.54, 1.807) is 37.5 Å². The molecule has 0 saturated carbocycles. The Bertz CT molecular complexity index is 1110. The molecule has 0 aliphatic rings. The van der Waals surface area contributed by atoms with Crippen LogP contribution in [0.15, 0.2) is 55.0 Å². The quantitative estimate of drug-likeness (QED) is 0.593. The van der Waals surface area contributed by atoms with Crippen molar-refractivity contribution in [3.63, 3.8) is 0 Å². The Kier molecular flexibility index (Phi) is 4.15. The van der Waals surface area contributed by atoms with Crippen LogP contribution in [-0.2, 0) is 0 Å². The van der Waals surface area contributed by atoms with Crippen molar-refractivity contribution in [3.05, 3.63) is 72.3 Å². The second kappa shape index (κ2) is 6.64. The van der Waals surface area contributed by atoms with Gasteiger partial charge in [-0.2, -0.15) is 5.10 Å². The molecule has 3 aromatic heterocycles. The van der Waals surface area contributed by atoms with Crippen molar-refractivity contribution in [2.75, 3.05) is 5.73 Å². The van der Waals surface area contributed by atoms with Crippen molar-refractivity contribution in [1.82, 2.24) is 19.7 Å². The minimum Gasteiger partial charge on any atom is -0.480 e. The van der Waals surface area contributed by atoms with Gasteiger partial charge in [-0.05, 0) is 37.3 Å². The average molecular weight is 367 g/mol. The van der Waals surface area contributed by atoms with Gasteiger partial charge in [0, 0.05) is 23.8 Å². The molecule has 0 aliphatic heterocycles. The van der Waals surface area contributed by atoms with Gasteiger partial charge < -0.3 is 10.5 Å².